The molecule has 0 aromatic heterocycles. The van der Waals surface area contributed by atoms with E-state index in [1.54, 1.807) is 0 Å². The molecule has 0 rings (SSSR count). The molecule has 0 aromatic carbocycles. The smallest absolute Gasteiger partial charge is 0.332 e. The molecular formula is C7H9BrO4. The molecule has 0 spiro atoms. The van der Waals surface area contributed by atoms with Crippen LogP contribution in [0.5, 0.6) is 0 Å². The molecule has 0 bridgehead atoms. The zero-order chi connectivity index (χ0) is 9.40. The number of carbonyl (C=O) groups is 2. The van der Waals surface area contributed by atoms with Crippen LogP contribution in [0.1, 0.15) is 0 Å². The summed E-state index contributed by atoms with van der Waals surface area (Å²) in [7, 11) is 0. The first-order chi connectivity index (χ1) is 5.70. The number of ether oxygens (including phenoxy) is 2. The number of Topliss-reactive ketones (excluding diaryl/α,β-unsaturated/α-hetero) is 1. The van der Waals surface area contributed by atoms with Gasteiger partial charge in [0.2, 0.25) is 0 Å². The second-order valence-corrected chi connectivity index (χ2v) is 2.37. The van der Waals surface area contributed by atoms with Gasteiger partial charge in [-0.15, -0.1) is 0 Å². The molecule has 68 valence electrons. The van der Waals surface area contributed by atoms with Crippen molar-refractivity contribution in [2.75, 3.05) is 18.7 Å². The van der Waals surface area contributed by atoms with E-state index in [-0.39, 0.29) is 24.5 Å². The molecule has 5 heteroatoms. The van der Waals surface area contributed by atoms with Gasteiger partial charge in [0.1, 0.15) is 6.61 Å². The molecule has 0 atom stereocenters. The van der Waals surface area contributed by atoms with Gasteiger partial charge in [-0.25, -0.2) is 4.79 Å². The van der Waals surface area contributed by atoms with Crippen LogP contribution in [0.2, 0.25) is 0 Å². The summed E-state index contributed by atoms with van der Waals surface area (Å²) < 4.78 is 9.13. The Morgan fingerprint density at radius 3 is 2.67 bits per heavy atom. The Hall–Kier alpha value is -0.680. The average Bonchev–Trinajstić information content (AvgIpc) is 2.11. The molecule has 0 aliphatic carbocycles. The molecule has 0 saturated carbocycles. The lowest BCUT2D eigenvalue weighted by molar-refractivity contribution is -0.152. The molecule has 0 unspecified atom stereocenters. The van der Waals surface area contributed by atoms with Crippen molar-refractivity contribution in [3.8, 4) is 0 Å². The van der Waals surface area contributed by atoms with Crippen LogP contribution >= 0.6 is 15.9 Å². The highest BCUT2D eigenvalue weighted by molar-refractivity contribution is 9.09. The van der Waals surface area contributed by atoms with E-state index >= 15 is 0 Å². The molecule has 0 saturated heterocycles. The van der Waals surface area contributed by atoms with E-state index < -0.39 is 5.97 Å². The fourth-order valence-corrected chi connectivity index (χ4v) is 0.515. The molecule has 0 fully saturated rings. The summed E-state index contributed by atoms with van der Waals surface area (Å²) in [5.41, 5.74) is 0. The van der Waals surface area contributed by atoms with E-state index in [4.69, 9.17) is 0 Å². The van der Waals surface area contributed by atoms with E-state index in [1.165, 1.54) is 0 Å². The van der Waals surface area contributed by atoms with E-state index in [9.17, 15) is 9.59 Å². The summed E-state index contributed by atoms with van der Waals surface area (Å²) in [6.45, 7) is 2.91. The summed E-state index contributed by atoms with van der Waals surface area (Å²) in [6, 6.07) is 0. The highest BCUT2D eigenvalue weighted by Gasteiger charge is 1.99. The van der Waals surface area contributed by atoms with Crippen molar-refractivity contribution in [2.24, 2.45) is 0 Å². The van der Waals surface area contributed by atoms with Crippen molar-refractivity contribution < 1.29 is 19.1 Å². The van der Waals surface area contributed by atoms with Crippen LogP contribution in [0.15, 0.2) is 12.7 Å². The van der Waals surface area contributed by atoms with Gasteiger partial charge in [-0.1, -0.05) is 22.5 Å². The van der Waals surface area contributed by atoms with E-state index in [0.717, 1.165) is 6.08 Å². The number of esters is 1. The Kier molecular flexibility index (Phi) is 6.60. The van der Waals surface area contributed by atoms with Gasteiger partial charge in [0.15, 0.2) is 12.6 Å². The predicted molar refractivity (Wildman–Crippen MR) is 45.9 cm³/mol. The van der Waals surface area contributed by atoms with Crippen molar-refractivity contribution >= 4 is 27.7 Å². The van der Waals surface area contributed by atoms with Gasteiger partial charge in [0.05, 0.1) is 5.33 Å². The fourth-order valence-electron chi connectivity index (χ4n) is 0.353. The third kappa shape index (κ3) is 6.06. The summed E-state index contributed by atoms with van der Waals surface area (Å²) >= 11 is 2.96. The van der Waals surface area contributed by atoms with Crippen molar-refractivity contribution in [3.63, 3.8) is 0 Å². The maximum absolute atomic E-state index is 10.6. The van der Waals surface area contributed by atoms with Crippen molar-refractivity contribution in [2.45, 2.75) is 0 Å². The second kappa shape index (κ2) is 7.00. The number of halogens is 1. The first kappa shape index (κ1) is 11.3. The maximum Gasteiger partial charge on any atom is 0.332 e. The standard InChI is InChI=1S/C7H9BrO4/c1-2-7(10)12-5-11-4-6(9)3-8/h2H,1,3-5H2. The van der Waals surface area contributed by atoms with Crippen LogP contribution in [-0.4, -0.2) is 30.5 Å². The number of carbonyl (C=O) groups excluding carboxylic acids is 2. The van der Waals surface area contributed by atoms with Gasteiger partial charge < -0.3 is 9.47 Å². The van der Waals surface area contributed by atoms with Crippen LogP contribution < -0.4 is 0 Å². The molecule has 0 aromatic rings. The largest absolute Gasteiger partial charge is 0.435 e. The van der Waals surface area contributed by atoms with Crippen LogP contribution in [0.3, 0.4) is 0 Å². The molecule has 0 aliphatic heterocycles. The minimum absolute atomic E-state index is 0.0598. The Morgan fingerprint density at radius 2 is 2.17 bits per heavy atom. The molecular weight excluding hydrogens is 228 g/mol. The van der Waals surface area contributed by atoms with Crippen molar-refractivity contribution in [3.05, 3.63) is 12.7 Å². The number of rotatable bonds is 6. The summed E-state index contributed by atoms with van der Waals surface area (Å²) in [4.78, 5) is 21.0. The SMILES string of the molecule is C=CC(=O)OCOCC(=O)CBr. The molecule has 0 radical (unpaired) electrons. The van der Waals surface area contributed by atoms with Gasteiger partial charge in [0, 0.05) is 6.08 Å². The lowest BCUT2D eigenvalue weighted by atomic mass is 10.5. The maximum atomic E-state index is 10.6. The zero-order valence-corrected chi connectivity index (χ0v) is 8.00. The van der Waals surface area contributed by atoms with Crippen molar-refractivity contribution in [1.82, 2.24) is 0 Å². The topological polar surface area (TPSA) is 52.6 Å². The number of alkyl halides is 1. The van der Waals surface area contributed by atoms with Crippen LogP contribution in [0.25, 0.3) is 0 Å². The van der Waals surface area contributed by atoms with Gasteiger partial charge in [0.25, 0.3) is 0 Å². The third-order valence-corrected chi connectivity index (χ3v) is 1.49. The van der Waals surface area contributed by atoms with Crippen LogP contribution in [0.4, 0.5) is 0 Å². The quantitative estimate of drug-likeness (QED) is 0.224. The Bertz CT molecular complexity index is 178. The molecule has 4 nitrogen and oxygen atoms in total. The average molecular weight is 237 g/mol. The third-order valence-electron chi connectivity index (χ3n) is 0.863. The minimum Gasteiger partial charge on any atom is -0.435 e. The Balaban J connectivity index is 3.27. The highest BCUT2D eigenvalue weighted by atomic mass is 79.9. The molecule has 0 amide bonds. The predicted octanol–water partition coefficient (Wildman–Crippen LogP) is 0.654. The second-order valence-electron chi connectivity index (χ2n) is 1.81. The fraction of sp³-hybridized carbons (Fsp3) is 0.429. The lowest BCUT2D eigenvalue weighted by Crippen LogP contribution is -2.13. The van der Waals surface area contributed by atoms with Crippen molar-refractivity contribution in [1.29, 1.82) is 0 Å². The Labute approximate surface area is 78.7 Å². The van der Waals surface area contributed by atoms with E-state index in [0.29, 0.717) is 0 Å². The number of ketones is 1. The highest BCUT2D eigenvalue weighted by Crippen LogP contribution is 1.86. The molecule has 0 aliphatic rings. The van der Waals surface area contributed by atoms with Gasteiger partial charge >= 0.3 is 5.97 Å². The Morgan fingerprint density at radius 1 is 1.50 bits per heavy atom. The lowest BCUT2D eigenvalue weighted by Gasteiger charge is -2.01. The summed E-state index contributed by atoms with van der Waals surface area (Å²) in [5.74, 6) is -0.675. The van der Waals surface area contributed by atoms with E-state index in [2.05, 4.69) is 32.0 Å². The number of hydrogen-bond acceptors (Lipinski definition) is 4. The minimum atomic E-state index is -0.568. The van der Waals surface area contributed by atoms with Gasteiger partial charge in [-0.3, -0.25) is 4.79 Å². The normalized spacial score (nSPS) is 9.08. The summed E-state index contributed by atoms with van der Waals surface area (Å²) in [5, 5.41) is 0.238. The van der Waals surface area contributed by atoms with Gasteiger partial charge in [-0.2, -0.15) is 0 Å². The first-order valence-corrected chi connectivity index (χ1v) is 4.27. The van der Waals surface area contributed by atoms with Gasteiger partial charge in [-0.05, 0) is 0 Å². The monoisotopic (exact) mass is 236 g/mol. The van der Waals surface area contributed by atoms with Crippen LogP contribution in [-0.2, 0) is 19.1 Å². The molecule has 0 heterocycles. The first-order valence-electron chi connectivity index (χ1n) is 3.15. The molecule has 12 heavy (non-hydrogen) atoms. The van der Waals surface area contributed by atoms with E-state index in [1.807, 2.05) is 0 Å². The summed E-state index contributed by atoms with van der Waals surface area (Å²) in [6.07, 6.45) is 1.02. The van der Waals surface area contributed by atoms with Crippen LogP contribution in [0, 0.1) is 0 Å². The zero-order valence-electron chi connectivity index (χ0n) is 6.42. The molecule has 0 N–H and O–H groups in total. The number of hydrogen-bond donors (Lipinski definition) is 0.